The van der Waals surface area contributed by atoms with E-state index in [1.54, 1.807) is 11.3 Å². The monoisotopic (exact) mass is 210 g/mol. The van der Waals surface area contributed by atoms with Crippen LogP contribution in [0, 0.1) is 6.92 Å². The van der Waals surface area contributed by atoms with Gasteiger partial charge in [0.2, 0.25) is 0 Å². The first-order valence-corrected chi connectivity index (χ1v) is 5.03. The number of nitrogens with zero attached hydrogens (tertiary/aromatic N) is 1. The van der Waals surface area contributed by atoms with Crippen molar-refractivity contribution < 1.29 is 10.2 Å². The number of thiophene rings is 1. The third-order valence-electron chi connectivity index (χ3n) is 2.06. The minimum Gasteiger partial charge on any atom is -0.363 e. The fourth-order valence-electron chi connectivity index (χ4n) is 1.32. The molecule has 2 heterocycles. The maximum absolute atomic E-state index is 9.00. The number of aromatic amines is 1. The number of nitrogens with one attached hydrogen (secondary N) is 1. The highest BCUT2D eigenvalue weighted by atomic mass is 32.1. The summed E-state index contributed by atoms with van der Waals surface area (Å²) < 4.78 is 0. The van der Waals surface area contributed by atoms with Crippen molar-refractivity contribution in [3.05, 3.63) is 28.8 Å². The minimum atomic E-state index is -1.49. The predicted octanol–water partition coefficient (Wildman–Crippen LogP) is 1.43. The number of aromatic nitrogens is 2. The molecule has 0 bridgehead atoms. The lowest BCUT2D eigenvalue weighted by molar-refractivity contribution is -0.0462. The van der Waals surface area contributed by atoms with E-state index in [0.717, 1.165) is 16.1 Å². The van der Waals surface area contributed by atoms with Gasteiger partial charge in [0.05, 0.1) is 10.6 Å². The molecule has 0 atom stereocenters. The van der Waals surface area contributed by atoms with Crippen LogP contribution in [-0.2, 0) is 0 Å². The van der Waals surface area contributed by atoms with Crippen molar-refractivity contribution >= 4 is 11.3 Å². The van der Waals surface area contributed by atoms with Gasteiger partial charge in [-0.15, -0.1) is 11.3 Å². The van der Waals surface area contributed by atoms with E-state index in [1.807, 2.05) is 24.4 Å². The maximum atomic E-state index is 9.00. The Morgan fingerprint density at radius 2 is 2.29 bits per heavy atom. The molecule has 0 aliphatic heterocycles. The van der Waals surface area contributed by atoms with Crippen molar-refractivity contribution in [2.45, 2.75) is 13.2 Å². The molecule has 2 aromatic rings. The Morgan fingerprint density at radius 1 is 1.50 bits per heavy atom. The molecule has 74 valence electrons. The second-order valence-corrected chi connectivity index (χ2v) is 3.91. The highest BCUT2D eigenvalue weighted by molar-refractivity contribution is 7.13. The molecule has 14 heavy (non-hydrogen) atoms. The van der Waals surface area contributed by atoms with Gasteiger partial charge in [0, 0.05) is 5.56 Å². The van der Waals surface area contributed by atoms with Crippen LogP contribution in [0.2, 0.25) is 0 Å². The highest BCUT2D eigenvalue weighted by Crippen LogP contribution is 2.28. The molecule has 0 fully saturated rings. The van der Waals surface area contributed by atoms with Crippen molar-refractivity contribution in [2.75, 3.05) is 0 Å². The van der Waals surface area contributed by atoms with Crippen LogP contribution in [-0.4, -0.2) is 20.4 Å². The largest absolute Gasteiger partial charge is 0.363 e. The molecule has 0 saturated heterocycles. The molecule has 0 aliphatic carbocycles. The average Bonchev–Trinajstić information content (AvgIpc) is 2.71. The topological polar surface area (TPSA) is 69.1 Å². The quantitative estimate of drug-likeness (QED) is 0.657. The Kier molecular flexibility index (Phi) is 2.37. The number of aliphatic hydroxyl groups is 2. The first-order valence-electron chi connectivity index (χ1n) is 4.15. The first-order chi connectivity index (χ1) is 6.70. The van der Waals surface area contributed by atoms with Crippen molar-refractivity contribution in [1.82, 2.24) is 10.2 Å². The fraction of sp³-hybridized carbons (Fsp3) is 0.222. The van der Waals surface area contributed by atoms with Gasteiger partial charge in [-0.1, -0.05) is 6.07 Å². The summed E-state index contributed by atoms with van der Waals surface area (Å²) in [5.74, 6) is 0. The predicted molar refractivity (Wildman–Crippen MR) is 53.8 cm³/mol. The normalized spacial score (nSPS) is 11.1. The van der Waals surface area contributed by atoms with Gasteiger partial charge in [-0.05, 0) is 18.4 Å². The third-order valence-corrected chi connectivity index (χ3v) is 2.94. The number of hydrogen-bond acceptors (Lipinski definition) is 4. The number of hydrogen-bond donors (Lipinski definition) is 3. The van der Waals surface area contributed by atoms with E-state index in [0.29, 0.717) is 5.69 Å². The first kappa shape index (κ1) is 9.39. The van der Waals surface area contributed by atoms with Crippen molar-refractivity contribution in [2.24, 2.45) is 0 Å². The summed E-state index contributed by atoms with van der Waals surface area (Å²) >= 11 is 1.57. The molecule has 0 amide bonds. The van der Waals surface area contributed by atoms with Gasteiger partial charge in [-0.3, -0.25) is 5.10 Å². The molecule has 0 saturated carbocycles. The van der Waals surface area contributed by atoms with Crippen LogP contribution in [0.4, 0.5) is 0 Å². The van der Waals surface area contributed by atoms with Crippen LogP contribution in [0.5, 0.6) is 0 Å². The molecule has 5 heteroatoms. The zero-order valence-electron chi connectivity index (χ0n) is 7.56. The zero-order valence-corrected chi connectivity index (χ0v) is 8.38. The second-order valence-electron chi connectivity index (χ2n) is 2.96. The highest BCUT2D eigenvalue weighted by Gasteiger charge is 2.15. The van der Waals surface area contributed by atoms with E-state index in [-0.39, 0.29) is 0 Å². The van der Waals surface area contributed by atoms with Gasteiger partial charge < -0.3 is 10.2 Å². The summed E-state index contributed by atoms with van der Waals surface area (Å²) in [6.45, 7) is 1.81. The average molecular weight is 210 g/mol. The van der Waals surface area contributed by atoms with Gasteiger partial charge in [0.1, 0.15) is 5.69 Å². The van der Waals surface area contributed by atoms with Gasteiger partial charge in [-0.2, -0.15) is 5.10 Å². The smallest absolute Gasteiger partial charge is 0.195 e. The summed E-state index contributed by atoms with van der Waals surface area (Å²) in [6, 6.07) is 3.88. The number of rotatable bonds is 2. The van der Waals surface area contributed by atoms with Crippen molar-refractivity contribution in [3.8, 4) is 10.6 Å². The van der Waals surface area contributed by atoms with Gasteiger partial charge in [-0.25, -0.2) is 0 Å². The summed E-state index contributed by atoms with van der Waals surface area (Å²) in [5, 5.41) is 26.6. The SMILES string of the molecule is Cc1c(-c2cccs2)n[nH]c1C(O)O. The molecule has 0 spiro atoms. The Hall–Kier alpha value is -1.17. The van der Waals surface area contributed by atoms with Crippen molar-refractivity contribution in [1.29, 1.82) is 0 Å². The number of aliphatic hydroxyl groups excluding tert-OH is 1. The van der Waals surface area contributed by atoms with E-state index < -0.39 is 6.29 Å². The fourth-order valence-corrected chi connectivity index (χ4v) is 2.09. The lowest BCUT2D eigenvalue weighted by Crippen LogP contribution is -1.97. The molecule has 2 rings (SSSR count). The summed E-state index contributed by atoms with van der Waals surface area (Å²) in [5.41, 5.74) is 1.92. The molecule has 4 nitrogen and oxygen atoms in total. The van der Waals surface area contributed by atoms with Crippen LogP contribution in [0.1, 0.15) is 17.5 Å². The van der Waals surface area contributed by atoms with Crippen LogP contribution in [0.15, 0.2) is 17.5 Å². The summed E-state index contributed by atoms with van der Waals surface area (Å²) in [4.78, 5) is 1.02. The van der Waals surface area contributed by atoms with E-state index in [2.05, 4.69) is 10.2 Å². The van der Waals surface area contributed by atoms with E-state index in [9.17, 15) is 0 Å². The molecular formula is C9H10N2O2S. The summed E-state index contributed by atoms with van der Waals surface area (Å²) in [6.07, 6.45) is -1.49. The Morgan fingerprint density at radius 3 is 2.79 bits per heavy atom. The standard InChI is InChI=1S/C9H10N2O2S/c1-5-7(6-3-2-4-14-6)10-11-8(5)9(12)13/h2-4,9,12-13H,1H3,(H,10,11). The van der Waals surface area contributed by atoms with Crippen LogP contribution < -0.4 is 0 Å². The molecule has 3 N–H and O–H groups in total. The van der Waals surface area contributed by atoms with E-state index in [1.165, 1.54) is 0 Å². The lowest BCUT2D eigenvalue weighted by atomic mass is 10.2. The molecule has 2 aromatic heterocycles. The van der Waals surface area contributed by atoms with Crippen LogP contribution >= 0.6 is 11.3 Å². The molecule has 0 aromatic carbocycles. The molecule has 0 aliphatic rings. The molecule has 0 radical (unpaired) electrons. The van der Waals surface area contributed by atoms with Gasteiger partial charge in [0.15, 0.2) is 6.29 Å². The Labute approximate surface area is 84.8 Å². The van der Waals surface area contributed by atoms with Crippen LogP contribution in [0.25, 0.3) is 10.6 Å². The zero-order chi connectivity index (χ0) is 10.1. The van der Waals surface area contributed by atoms with E-state index >= 15 is 0 Å². The molecule has 0 unspecified atom stereocenters. The molecular weight excluding hydrogens is 200 g/mol. The third kappa shape index (κ3) is 1.45. The number of H-pyrrole nitrogens is 1. The van der Waals surface area contributed by atoms with Gasteiger partial charge in [0.25, 0.3) is 0 Å². The summed E-state index contributed by atoms with van der Waals surface area (Å²) in [7, 11) is 0. The maximum Gasteiger partial charge on any atom is 0.195 e. The van der Waals surface area contributed by atoms with Gasteiger partial charge >= 0.3 is 0 Å². The van der Waals surface area contributed by atoms with Crippen LogP contribution in [0.3, 0.4) is 0 Å². The lowest BCUT2D eigenvalue weighted by Gasteiger charge is -2.00. The Bertz CT molecular complexity index is 420. The minimum absolute atomic E-state index is 0.355. The van der Waals surface area contributed by atoms with E-state index in [4.69, 9.17) is 10.2 Å². The Balaban J connectivity index is 2.47. The second kappa shape index (κ2) is 3.53. The van der Waals surface area contributed by atoms with Crippen molar-refractivity contribution in [3.63, 3.8) is 0 Å².